The largest absolute Gasteiger partial charge is 0.389 e. The molecule has 1 aliphatic heterocycles. The Hall–Kier alpha value is -0.500. The van der Waals surface area contributed by atoms with Gasteiger partial charge in [-0.15, -0.1) is 11.3 Å². The molecule has 2 atom stereocenters. The van der Waals surface area contributed by atoms with E-state index in [2.05, 4.69) is 0 Å². The van der Waals surface area contributed by atoms with E-state index in [1.54, 1.807) is 16.4 Å². The zero-order valence-corrected chi connectivity index (χ0v) is 12.2. The molecule has 0 radical (unpaired) electrons. The molecule has 18 heavy (non-hydrogen) atoms. The van der Waals surface area contributed by atoms with Gasteiger partial charge in [0.1, 0.15) is 9.20 Å². The summed E-state index contributed by atoms with van der Waals surface area (Å²) in [5.41, 5.74) is 5.52. The maximum atomic E-state index is 12.5. The molecule has 1 aliphatic carbocycles. The third-order valence-electron chi connectivity index (χ3n) is 3.75. The molecule has 98 valence electrons. The fourth-order valence-electron chi connectivity index (χ4n) is 2.88. The maximum absolute atomic E-state index is 12.5. The summed E-state index contributed by atoms with van der Waals surface area (Å²) >= 11 is 6.03. The van der Waals surface area contributed by atoms with Crippen LogP contribution in [0, 0.1) is 5.92 Å². The van der Waals surface area contributed by atoms with Crippen LogP contribution in [0.2, 0.25) is 0 Å². The standard InChI is InChI=1S/C11H14N2O2S3/c12-11(16)9-3-4-10(17-9)18(14,15)13-6-7-1-2-8(13)5-7/h3-4,7-8H,1-2,5-6H2,(H2,12,16). The van der Waals surface area contributed by atoms with Gasteiger partial charge in [-0.2, -0.15) is 4.31 Å². The molecule has 1 aromatic heterocycles. The first kappa shape index (κ1) is 12.5. The molecule has 2 fully saturated rings. The van der Waals surface area contributed by atoms with E-state index >= 15 is 0 Å². The number of nitrogens with zero attached hydrogens (tertiary/aromatic N) is 1. The second-order valence-corrected chi connectivity index (χ2v) is 8.53. The lowest BCUT2D eigenvalue weighted by molar-refractivity contribution is 0.334. The lowest BCUT2D eigenvalue weighted by Gasteiger charge is -2.25. The third-order valence-corrected chi connectivity index (χ3v) is 7.60. The predicted molar refractivity (Wildman–Crippen MR) is 75.2 cm³/mol. The first-order chi connectivity index (χ1) is 8.48. The van der Waals surface area contributed by atoms with E-state index in [-0.39, 0.29) is 11.0 Å². The Bertz CT molecular complexity index is 593. The van der Waals surface area contributed by atoms with Crippen molar-refractivity contribution >= 4 is 38.6 Å². The summed E-state index contributed by atoms with van der Waals surface area (Å²) in [7, 11) is -3.35. The molecule has 2 aliphatic rings. The van der Waals surface area contributed by atoms with Crippen LogP contribution >= 0.6 is 23.6 Å². The van der Waals surface area contributed by atoms with Gasteiger partial charge in [0, 0.05) is 12.6 Å². The summed E-state index contributed by atoms with van der Waals surface area (Å²) in [6.45, 7) is 0.674. The van der Waals surface area contributed by atoms with E-state index in [1.165, 1.54) is 17.8 Å². The zero-order chi connectivity index (χ0) is 12.9. The molecule has 3 rings (SSSR count). The Balaban J connectivity index is 1.92. The first-order valence-electron chi connectivity index (χ1n) is 5.90. The quantitative estimate of drug-likeness (QED) is 0.861. The van der Waals surface area contributed by atoms with Gasteiger partial charge in [-0.1, -0.05) is 12.2 Å². The summed E-state index contributed by atoms with van der Waals surface area (Å²) < 4.78 is 27.0. The van der Waals surface area contributed by atoms with Crippen molar-refractivity contribution in [1.29, 1.82) is 0 Å². The smallest absolute Gasteiger partial charge is 0.252 e. The number of thiophene rings is 1. The summed E-state index contributed by atoms with van der Waals surface area (Å²) in [5.74, 6) is 0.555. The van der Waals surface area contributed by atoms with Gasteiger partial charge in [-0.25, -0.2) is 8.42 Å². The summed E-state index contributed by atoms with van der Waals surface area (Å²) in [6.07, 6.45) is 3.18. The predicted octanol–water partition coefficient (Wildman–Crippen LogP) is 1.56. The molecule has 7 heteroatoms. The molecular weight excluding hydrogens is 288 g/mol. The van der Waals surface area contributed by atoms with Crippen molar-refractivity contribution in [1.82, 2.24) is 4.31 Å². The SMILES string of the molecule is NC(=S)c1ccc(S(=O)(=O)N2CC3CCC2C3)s1. The van der Waals surface area contributed by atoms with Crippen LogP contribution in [0.3, 0.4) is 0 Å². The third kappa shape index (κ3) is 1.89. The number of fused-ring (bicyclic) bond motifs is 2. The number of nitrogens with two attached hydrogens (primary N) is 1. The van der Waals surface area contributed by atoms with Crippen LogP contribution in [0.15, 0.2) is 16.3 Å². The first-order valence-corrected chi connectivity index (χ1v) is 8.56. The van der Waals surface area contributed by atoms with Gasteiger partial charge < -0.3 is 5.73 Å². The highest BCUT2D eigenvalue weighted by molar-refractivity contribution is 7.91. The topological polar surface area (TPSA) is 63.4 Å². The Kier molecular flexibility index (Phi) is 2.97. The maximum Gasteiger partial charge on any atom is 0.252 e. The van der Waals surface area contributed by atoms with Gasteiger partial charge in [0.05, 0.1) is 4.88 Å². The van der Waals surface area contributed by atoms with Crippen molar-refractivity contribution in [3.05, 3.63) is 17.0 Å². The average molecular weight is 302 g/mol. The number of thiocarbonyl (C=S) groups is 1. The molecular formula is C11H14N2O2S3. The minimum Gasteiger partial charge on any atom is -0.389 e. The monoisotopic (exact) mass is 302 g/mol. The van der Waals surface area contributed by atoms with Crippen molar-refractivity contribution in [2.24, 2.45) is 11.7 Å². The zero-order valence-electron chi connectivity index (χ0n) is 9.70. The highest BCUT2D eigenvalue weighted by Gasteiger charge is 2.44. The van der Waals surface area contributed by atoms with Crippen LogP contribution in [0.25, 0.3) is 0 Å². The normalized spacial score (nSPS) is 27.8. The van der Waals surface area contributed by atoms with Gasteiger partial charge in [-0.3, -0.25) is 0 Å². The molecule has 2 heterocycles. The van der Waals surface area contributed by atoms with Gasteiger partial charge >= 0.3 is 0 Å². The minimum absolute atomic E-state index is 0.204. The van der Waals surface area contributed by atoms with Gasteiger partial charge in [0.25, 0.3) is 10.0 Å². The van der Waals surface area contributed by atoms with Gasteiger partial charge in [0.2, 0.25) is 0 Å². The van der Waals surface area contributed by atoms with Crippen LogP contribution in [0.1, 0.15) is 24.1 Å². The van der Waals surface area contributed by atoms with Crippen LogP contribution in [0.4, 0.5) is 0 Å². The Morgan fingerprint density at radius 1 is 1.44 bits per heavy atom. The molecule has 2 unspecified atom stereocenters. The Labute approximate surface area is 116 Å². The van der Waals surface area contributed by atoms with Crippen LogP contribution in [0.5, 0.6) is 0 Å². The molecule has 2 N–H and O–H groups in total. The van der Waals surface area contributed by atoms with Crippen molar-refractivity contribution < 1.29 is 8.42 Å². The van der Waals surface area contributed by atoms with Gasteiger partial charge in [-0.05, 0) is 37.3 Å². The van der Waals surface area contributed by atoms with Crippen molar-refractivity contribution in [3.8, 4) is 0 Å². The minimum atomic E-state index is -3.35. The van der Waals surface area contributed by atoms with Crippen molar-refractivity contribution in [2.75, 3.05) is 6.54 Å². The van der Waals surface area contributed by atoms with Crippen LogP contribution < -0.4 is 5.73 Å². The molecule has 0 spiro atoms. The van der Waals surface area contributed by atoms with E-state index in [0.717, 1.165) is 12.8 Å². The van der Waals surface area contributed by atoms with E-state index in [1.807, 2.05) is 0 Å². The second-order valence-electron chi connectivity index (χ2n) is 4.89. The van der Waals surface area contributed by atoms with E-state index < -0.39 is 10.0 Å². The average Bonchev–Trinajstić information content (AvgIpc) is 3.04. The molecule has 0 amide bonds. The number of rotatable bonds is 3. The molecule has 2 bridgehead atoms. The van der Waals surface area contributed by atoms with E-state index in [4.69, 9.17) is 18.0 Å². The Morgan fingerprint density at radius 2 is 2.22 bits per heavy atom. The number of hydrogen-bond acceptors (Lipinski definition) is 4. The molecule has 1 saturated heterocycles. The number of hydrogen-bond donors (Lipinski definition) is 1. The van der Waals surface area contributed by atoms with E-state index in [9.17, 15) is 8.42 Å². The molecule has 1 aromatic rings. The van der Waals surface area contributed by atoms with Crippen LogP contribution in [-0.4, -0.2) is 30.3 Å². The summed E-state index contributed by atoms with van der Waals surface area (Å²) in [5, 5.41) is 0. The lowest BCUT2D eigenvalue weighted by atomic mass is 10.1. The molecule has 4 nitrogen and oxygen atoms in total. The van der Waals surface area contributed by atoms with Crippen LogP contribution in [-0.2, 0) is 10.0 Å². The second kappa shape index (κ2) is 4.26. The highest BCUT2D eigenvalue weighted by atomic mass is 32.2. The van der Waals surface area contributed by atoms with E-state index in [0.29, 0.717) is 21.5 Å². The number of sulfonamides is 1. The van der Waals surface area contributed by atoms with Gasteiger partial charge in [0.15, 0.2) is 0 Å². The highest BCUT2D eigenvalue weighted by Crippen LogP contribution is 2.41. The fraction of sp³-hybridized carbons (Fsp3) is 0.545. The Morgan fingerprint density at radius 3 is 2.72 bits per heavy atom. The number of piperidine rings is 1. The fourth-order valence-corrected chi connectivity index (χ4v) is 6.10. The molecule has 0 aromatic carbocycles. The summed E-state index contributed by atoms with van der Waals surface area (Å²) in [4.78, 5) is 0.914. The van der Waals surface area contributed by atoms with Crippen molar-refractivity contribution in [3.63, 3.8) is 0 Å². The van der Waals surface area contributed by atoms with Crippen molar-refractivity contribution in [2.45, 2.75) is 29.5 Å². The summed E-state index contributed by atoms with van der Waals surface area (Å²) in [6, 6.07) is 3.50. The lowest BCUT2D eigenvalue weighted by Crippen LogP contribution is -2.37. The molecule has 1 saturated carbocycles.